The quantitative estimate of drug-likeness (QED) is 0.277. The van der Waals surface area contributed by atoms with Crippen LogP contribution >= 0.6 is 23.4 Å². The number of carbonyl (C=O) groups is 2. The Morgan fingerprint density at radius 2 is 1.75 bits per heavy atom. The second-order valence-electron chi connectivity index (χ2n) is 8.72. The summed E-state index contributed by atoms with van der Waals surface area (Å²) in [5, 5.41) is 2.39. The molecule has 0 N–H and O–H groups in total. The van der Waals surface area contributed by atoms with E-state index in [1.165, 1.54) is 4.90 Å². The molecular weight excluding hydrogens is 496 g/mol. The van der Waals surface area contributed by atoms with Gasteiger partial charge < -0.3 is 14.0 Å². The van der Waals surface area contributed by atoms with Crippen molar-refractivity contribution >= 4 is 51.4 Å². The molecule has 0 spiro atoms. The number of rotatable bonds is 4. The van der Waals surface area contributed by atoms with Crippen molar-refractivity contribution in [2.45, 2.75) is 20.4 Å². The number of halogens is 1. The summed E-state index contributed by atoms with van der Waals surface area (Å²) < 4.78 is 12.9. The molecule has 1 fully saturated rings. The smallest absolute Gasteiger partial charge is 0.293 e. The predicted molar refractivity (Wildman–Crippen MR) is 142 cm³/mol. The van der Waals surface area contributed by atoms with Crippen LogP contribution in [0.3, 0.4) is 0 Å². The van der Waals surface area contributed by atoms with Crippen molar-refractivity contribution < 1.29 is 19.1 Å². The fourth-order valence-electron chi connectivity index (χ4n) is 4.74. The summed E-state index contributed by atoms with van der Waals surface area (Å²) in [4.78, 5) is 27.6. The predicted octanol–water partition coefficient (Wildman–Crippen LogP) is 6.87. The summed E-state index contributed by atoms with van der Waals surface area (Å²) in [7, 11) is 0. The van der Waals surface area contributed by atoms with Crippen LogP contribution < -0.4 is 9.47 Å². The third-order valence-corrected chi connectivity index (χ3v) is 7.77. The average molecular weight is 517 g/mol. The van der Waals surface area contributed by atoms with Gasteiger partial charge in [-0.25, -0.2) is 0 Å². The lowest BCUT2D eigenvalue weighted by Crippen LogP contribution is -2.27. The summed E-state index contributed by atoms with van der Waals surface area (Å²) in [5.74, 6) is 0.769. The van der Waals surface area contributed by atoms with E-state index in [4.69, 9.17) is 21.1 Å². The molecule has 8 heteroatoms. The zero-order valence-electron chi connectivity index (χ0n) is 19.6. The standard InChI is InChI=1S/C28H21ClN2O4S/c1-16-10-19(17(2)31(16)23-9-5-7-18-6-3-4-8-21(18)23)12-26-27(32)30(28(33)36-26)14-20-11-24-25(13-22(20)29)35-15-34-24/h3-13H,14-15H2,1-2H3/b26-12-. The molecule has 4 aromatic rings. The molecule has 1 saturated heterocycles. The monoisotopic (exact) mass is 516 g/mol. The fourth-order valence-corrected chi connectivity index (χ4v) is 5.78. The second kappa shape index (κ2) is 8.76. The first-order valence-electron chi connectivity index (χ1n) is 11.4. The molecule has 2 aliphatic heterocycles. The van der Waals surface area contributed by atoms with E-state index in [0.29, 0.717) is 27.0 Å². The maximum Gasteiger partial charge on any atom is 0.293 e. The Bertz CT molecular complexity index is 1600. The van der Waals surface area contributed by atoms with Crippen LogP contribution in [0.25, 0.3) is 22.5 Å². The summed E-state index contributed by atoms with van der Waals surface area (Å²) >= 11 is 7.32. The van der Waals surface area contributed by atoms with E-state index in [9.17, 15) is 9.59 Å². The number of ether oxygens (including phenoxy) is 2. The molecule has 1 aromatic heterocycles. The Morgan fingerprint density at radius 3 is 2.58 bits per heavy atom. The van der Waals surface area contributed by atoms with Crippen molar-refractivity contribution in [1.29, 1.82) is 0 Å². The summed E-state index contributed by atoms with van der Waals surface area (Å²) in [6, 6.07) is 19.9. The number of hydrogen-bond acceptors (Lipinski definition) is 5. The molecule has 0 saturated carbocycles. The van der Waals surface area contributed by atoms with Crippen LogP contribution in [0.1, 0.15) is 22.5 Å². The molecule has 180 valence electrons. The van der Waals surface area contributed by atoms with E-state index < -0.39 is 0 Å². The number of aryl methyl sites for hydroxylation is 1. The van der Waals surface area contributed by atoms with E-state index >= 15 is 0 Å². The van der Waals surface area contributed by atoms with Crippen LogP contribution in [0, 0.1) is 13.8 Å². The molecule has 6 nitrogen and oxygen atoms in total. The number of hydrogen-bond donors (Lipinski definition) is 0. The number of amides is 2. The number of benzene rings is 3. The number of imide groups is 1. The molecule has 2 amide bonds. The molecular formula is C28H21ClN2O4S. The van der Waals surface area contributed by atoms with Crippen LogP contribution in [-0.2, 0) is 11.3 Å². The summed E-state index contributed by atoms with van der Waals surface area (Å²) in [5.41, 5.74) is 4.63. The first kappa shape index (κ1) is 22.8. The molecule has 2 aliphatic rings. The number of nitrogens with zero attached hydrogens (tertiary/aromatic N) is 2. The van der Waals surface area contributed by atoms with Gasteiger partial charge in [-0.05, 0) is 66.4 Å². The van der Waals surface area contributed by atoms with Gasteiger partial charge >= 0.3 is 0 Å². The van der Waals surface area contributed by atoms with E-state index in [1.807, 2.05) is 38.1 Å². The molecule has 3 heterocycles. The highest BCUT2D eigenvalue weighted by Gasteiger charge is 2.36. The van der Waals surface area contributed by atoms with E-state index in [2.05, 4.69) is 28.8 Å². The normalized spacial score (nSPS) is 16.1. The highest BCUT2D eigenvalue weighted by atomic mass is 35.5. The first-order chi connectivity index (χ1) is 17.4. The Kier molecular flexibility index (Phi) is 5.54. The van der Waals surface area contributed by atoms with Crippen LogP contribution in [-0.4, -0.2) is 27.4 Å². The average Bonchev–Trinajstić information content (AvgIpc) is 3.51. The Labute approximate surface area is 217 Å². The van der Waals surface area contributed by atoms with Crippen molar-refractivity contribution in [2.75, 3.05) is 6.79 Å². The minimum Gasteiger partial charge on any atom is -0.454 e. The van der Waals surface area contributed by atoms with E-state index in [0.717, 1.165) is 45.2 Å². The maximum absolute atomic E-state index is 13.2. The van der Waals surface area contributed by atoms with Crippen LogP contribution in [0.15, 0.2) is 65.6 Å². The number of thioether (sulfide) groups is 1. The second-order valence-corrected chi connectivity index (χ2v) is 10.1. The van der Waals surface area contributed by atoms with Gasteiger partial charge in [0.15, 0.2) is 11.5 Å². The van der Waals surface area contributed by atoms with Crippen molar-refractivity contribution in [3.8, 4) is 17.2 Å². The maximum atomic E-state index is 13.2. The minimum atomic E-state index is -0.339. The Morgan fingerprint density at radius 1 is 1.00 bits per heavy atom. The molecule has 0 unspecified atom stereocenters. The Hall–Kier alpha value is -3.68. The third kappa shape index (κ3) is 3.75. The van der Waals surface area contributed by atoms with Crippen LogP contribution in [0.4, 0.5) is 4.79 Å². The van der Waals surface area contributed by atoms with Gasteiger partial charge in [0.25, 0.3) is 11.1 Å². The topological polar surface area (TPSA) is 60.8 Å². The minimum absolute atomic E-state index is 0.0620. The van der Waals surface area contributed by atoms with Crippen molar-refractivity contribution in [3.05, 3.63) is 93.1 Å². The molecule has 0 bridgehead atoms. The van der Waals surface area contributed by atoms with Gasteiger partial charge in [0.05, 0.1) is 17.1 Å². The van der Waals surface area contributed by atoms with Crippen LogP contribution in [0.5, 0.6) is 11.5 Å². The largest absolute Gasteiger partial charge is 0.454 e. The fraction of sp³-hybridized carbons (Fsp3) is 0.143. The van der Waals surface area contributed by atoms with Gasteiger partial charge in [0.2, 0.25) is 6.79 Å². The molecule has 0 radical (unpaired) electrons. The third-order valence-electron chi connectivity index (χ3n) is 6.51. The van der Waals surface area contributed by atoms with Gasteiger partial charge in [-0.2, -0.15) is 0 Å². The Balaban J connectivity index is 1.32. The first-order valence-corrected chi connectivity index (χ1v) is 12.6. The van der Waals surface area contributed by atoms with Gasteiger partial charge in [-0.15, -0.1) is 0 Å². The zero-order valence-corrected chi connectivity index (χ0v) is 21.2. The highest BCUT2D eigenvalue weighted by molar-refractivity contribution is 8.18. The SMILES string of the molecule is Cc1cc(/C=C2\SC(=O)N(Cc3cc4c(cc3Cl)OCO4)C2=O)c(C)n1-c1cccc2ccccc12. The van der Waals surface area contributed by atoms with E-state index in [-0.39, 0.29) is 24.5 Å². The lowest BCUT2D eigenvalue weighted by molar-refractivity contribution is -0.123. The van der Waals surface area contributed by atoms with Crippen molar-refractivity contribution in [1.82, 2.24) is 9.47 Å². The number of fused-ring (bicyclic) bond motifs is 2. The van der Waals surface area contributed by atoms with Crippen molar-refractivity contribution in [2.24, 2.45) is 0 Å². The lowest BCUT2D eigenvalue weighted by atomic mass is 10.1. The highest BCUT2D eigenvalue weighted by Crippen LogP contribution is 2.40. The van der Waals surface area contributed by atoms with Gasteiger partial charge in [0.1, 0.15) is 0 Å². The number of carbonyl (C=O) groups excluding carboxylic acids is 2. The lowest BCUT2D eigenvalue weighted by Gasteiger charge is -2.14. The van der Waals surface area contributed by atoms with Gasteiger partial charge in [-0.1, -0.05) is 48.0 Å². The van der Waals surface area contributed by atoms with E-state index in [1.54, 1.807) is 18.2 Å². The van der Waals surface area contributed by atoms with Gasteiger partial charge in [-0.3, -0.25) is 14.5 Å². The zero-order chi connectivity index (χ0) is 25.0. The summed E-state index contributed by atoms with van der Waals surface area (Å²) in [6.45, 7) is 4.25. The number of aromatic nitrogens is 1. The molecule has 36 heavy (non-hydrogen) atoms. The molecule has 0 atom stereocenters. The molecule has 3 aromatic carbocycles. The van der Waals surface area contributed by atoms with Crippen molar-refractivity contribution in [3.63, 3.8) is 0 Å². The van der Waals surface area contributed by atoms with Crippen LogP contribution in [0.2, 0.25) is 5.02 Å². The summed E-state index contributed by atoms with van der Waals surface area (Å²) in [6.07, 6.45) is 1.80. The van der Waals surface area contributed by atoms with Gasteiger partial charge in [0, 0.05) is 27.9 Å². The molecule has 0 aliphatic carbocycles. The molecule has 6 rings (SSSR count).